The minimum atomic E-state index is -0.588. The number of rotatable bonds is 9. The number of methoxy groups -OCH3 is 4. The van der Waals surface area contributed by atoms with E-state index in [2.05, 4.69) is 15.9 Å². The summed E-state index contributed by atoms with van der Waals surface area (Å²) < 4.78 is 28.1. The minimum absolute atomic E-state index is 0.00662. The molecule has 4 N–H and O–H groups in total. The zero-order valence-electron chi connectivity index (χ0n) is 25.0. The van der Waals surface area contributed by atoms with E-state index < -0.39 is 18.1 Å². The Labute approximate surface area is 241 Å². The summed E-state index contributed by atoms with van der Waals surface area (Å²) in [4.78, 5) is 4.24. The van der Waals surface area contributed by atoms with Crippen LogP contribution in [0.5, 0.6) is 34.5 Å². The average molecular weight is 571 g/mol. The first-order chi connectivity index (χ1) is 19.6. The Bertz CT molecular complexity index is 1310. The fourth-order valence-electron chi connectivity index (χ4n) is 6.71. The number of ether oxygens (including phenoxy) is 5. The average Bonchev–Trinajstić information content (AvgIpc) is 2.95. The highest BCUT2D eigenvalue weighted by atomic mass is 16.5. The predicted octanol–water partition coefficient (Wildman–Crippen LogP) is 2.44. The smallest absolute Gasteiger partial charge is 0.167 e. The van der Waals surface area contributed by atoms with Gasteiger partial charge in [0.05, 0.1) is 53.8 Å². The summed E-state index contributed by atoms with van der Waals surface area (Å²) in [6.45, 7) is 6.09. The van der Waals surface area contributed by atoms with Gasteiger partial charge in [0.1, 0.15) is 17.5 Å². The van der Waals surface area contributed by atoms with Gasteiger partial charge in [0, 0.05) is 47.4 Å². The van der Waals surface area contributed by atoms with Gasteiger partial charge in [0.2, 0.25) is 0 Å². The van der Waals surface area contributed by atoms with Crippen LogP contribution < -0.4 is 24.7 Å². The molecule has 4 unspecified atom stereocenters. The van der Waals surface area contributed by atoms with Gasteiger partial charge in [-0.2, -0.15) is 5.26 Å². The van der Waals surface area contributed by atoms with E-state index in [1.165, 1.54) is 14.2 Å². The van der Waals surface area contributed by atoms with Crippen LogP contribution in [-0.2, 0) is 17.6 Å². The molecule has 0 amide bonds. The number of aromatic hydroxyl groups is 2. The van der Waals surface area contributed by atoms with E-state index in [0.29, 0.717) is 84.4 Å². The Morgan fingerprint density at radius 3 is 2.15 bits per heavy atom. The molecular weight excluding hydrogens is 528 g/mol. The summed E-state index contributed by atoms with van der Waals surface area (Å²) in [5.74, 6) is 1.83. The molecule has 0 bridgehead atoms. The van der Waals surface area contributed by atoms with Crippen LogP contribution >= 0.6 is 0 Å². The Balaban J connectivity index is 1.87. The molecule has 11 heteroatoms. The first-order valence-corrected chi connectivity index (χ1v) is 13.7. The van der Waals surface area contributed by atoms with Crippen molar-refractivity contribution >= 4 is 0 Å². The Morgan fingerprint density at radius 2 is 1.59 bits per heavy atom. The molecule has 2 aromatic carbocycles. The van der Waals surface area contributed by atoms with E-state index in [0.717, 1.165) is 5.56 Å². The van der Waals surface area contributed by atoms with Gasteiger partial charge in [-0.3, -0.25) is 9.80 Å². The van der Waals surface area contributed by atoms with Crippen LogP contribution in [0.3, 0.4) is 0 Å². The molecule has 224 valence electrons. The van der Waals surface area contributed by atoms with Crippen molar-refractivity contribution in [1.82, 2.24) is 9.80 Å². The van der Waals surface area contributed by atoms with Crippen molar-refractivity contribution in [3.8, 4) is 40.6 Å². The number of morpholine rings is 1. The first kappa shape index (κ1) is 30.5. The number of nitrogens with zero attached hydrogens (tertiary/aromatic N) is 3. The van der Waals surface area contributed by atoms with Gasteiger partial charge in [-0.15, -0.1) is 0 Å². The maximum Gasteiger partial charge on any atom is 0.167 e. The zero-order valence-corrected chi connectivity index (χ0v) is 25.0. The highest BCUT2D eigenvalue weighted by molar-refractivity contribution is 5.64. The quantitative estimate of drug-likeness (QED) is 0.409. The number of fused-ring (bicyclic) bond motifs is 1. The standard InChI is InChI=1S/C30H42N4O7/c1-16-27(37-4)18(13-23(35)29(16)39-6)12-20(32)25-24-19(28(38-5)17(2)30(40-7)26(24)36)14-21(33(25)3)22(15-31)34-8-10-41-11-9-34/h13,20-22,25,35-36H,8-12,14,32H2,1-7H3. The maximum atomic E-state index is 11.6. The summed E-state index contributed by atoms with van der Waals surface area (Å²) in [7, 11) is 8.10. The van der Waals surface area contributed by atoms with Crippen molar-refractivity contribution in [3.05, 3.63) is 33.9 Å². The van der Waals surface area contributed by atoms with Crippen LogP contribution in [0, 0.1) is 25.2 Å². The summed E-state index contributed by atoms with van der Waals surface area (Å²) >= 11 is 0. The molecule has 11 nitrogen and oxygen atoms in total. The number of phenolic OH excluding ortho intramolecular Hbond substituents is 2. The van der Waals surface area contributed by atoms with E-state index in [9.17, 15) is 15.5 Å². The van der Waals surface area contributed by atoms with E-state index in [1.807, 2.05) is 20.9 Å². The van der Waals surface area contributed by atoms with Crippen molar-refractivity contribution in [3.63, 3.8) is 0 Å². The molecule has 4 atom stereocenters. The van der Waals surface area contributed by atoms with Gasteiger partial charge in [-0.05, 0) is 45.4 Å². The molecule has 0 saturated carbocycles. The van der Waals surface area contributed by atoms with Gasteiger partial charge in [0.25, 0.3) is 0 Å². The van der Waals surface area contributed by atoms with E-state index in [1.54, 1.807) is 20.3 Å². The Morgan fingerprint density at radius 1 is 1.00 bits per heavy atom. The second-order valence-corrected chi connectivity index (χ2v) is 10.7. The number of hydrogen-bond acceptors (Lipinski definition) is 11. The van der Waals surface area contributed by atoms with Crippen LogP contribution in [0.15, 0.2) is 6.07 Å². The molecule has 0 radical (unpaired) electrons. The molecule has 0 aliphatic carbocycles. The lowest BCUT2D eigenvalue weighted by atomic mass is 9.79. The van der Waals surface area contributed by atoms with Crippen molar-refractivity contribution < 1.29 is 33.9 Å². The van der Waals surface area contributed by atoms with Gasteiger partial charge in [-0.1, -0.05) is 0 Å². The van der Waals surface area contributed by atoms with E-state index >= 15 is 0 Å². The SMILES string of the molecule is COc1c(O)cc(CC(N)C2c3c(O)c(OC)c(C)c(OC)c3CC(C(C#N)N3CCOCC3)N2C)c(OC)c1C. The van der Waals surface area contributed by atoms with Crippen molar-refractivity contribution in [2.45, 2.75) is 50.9 Å². The number of likely N-dealkylation sites (N-methyl/N-ethyl adjacent to an activating group) is 1. The molecule has 1 saturated heterocycles. The summed E-state index contributed by atoms with van der Waals surface area (Å²) in [6.07, 6.45) is 0.771. The molecule has 4 rings (SSSR count). The second kappa shape index (κ2) is 12.6. The van der Waals surface area contributed by atoms with Gasteiger partial charge >= 0.3 is 0 Å². The molecule has 0 spiro atoms. The zero-order chi connectivity index (χ0) is 30.0. The lowest BCUT2D eigenvalue weighted by molar-refractivity contribution is -0.00228. The van der Waals surface area contributed by atoms with Crippen LogP contribution in [0.4, 0.5) is 0 Å². The molecule has 0 aromatic heterocycles. The van der Waals surface area contributed by atoms with Crippen LogP contribution in [0.2, 0.25) is 0 Å². The third kappa shape index (κ3) is 5.33. The van der Waals surface area contributed by atoms with Gasteiger partial charge in [-0.25, -0.2) is 0 Å². The third-order valence-corrected chi connectivity index (χ3v) is 8.55. The van der Waals surface area contributed by atoms with Crippen LogP contribution in [0.25, 0.3) is 0 Å². The predicted molar refractivity (Wildman–Crippen MR) is 153 cm³/mol. The summed E-state index contributed by atoms with van der Waals surface area (Å²) in [5.41, 5.74) is 10.5. The number of nitriles is 1. The molecule has 2 aromatic rings. The van der Waals surface area contributed by atoms with Crippen molar-refractivity contribution in [2.75, 3.05) is 61.8 Å². The van der Waals surface area contributed by atoms with Crippen molar-refractivity contribution in [2.24, 2.45) is 5.73 Å². The van der Waals surface area contributed by atoms with Gasteiger partial charge < -0.3 is 39.6 Å². The van der Waals surface area contributed by atoms with E-state index in [-0.39, 0.29) is 17.5 Å². The Kier molecular flexibility index (Phi) is 9.39. The summed E-state index contributed by atoms with van der Waals surface area (Å²) in [5, 5.41) is 32.7. The molecule has 2 aliphatic heterocycles. The lowest BCUT2D eigenvalue weighted by Crippen LogP contribution is -2.58. The maximum absolute atomic E-state index is 11.6. The molecule has 41 heavy (non-hydrogen) atoms. The fraction of sp³-hybridized carbons (Fsp3) is 0.567. The highest BCUT2D eigenvalue weighted by Gasteiger charge is 2.45. The topological polar surface area (TPSA) is 143 Å². The number of phenols is 2. The molecular formula is C30H42N4O7. The highest BCUT2D eigenvalue weighted by Crippen LogP contribution is 2.51. The van der Waals surface area contributed by atoms with E-state index in [4.69, 9.17) is 29.4 Å². The molecule has 2 aliphatic rings. The third-order valence-electron chi connectivity index (χ3n) is 8.55. The lowest BCUT2D eigenvalue weighted by Gasteiger charge is -2.48. The van der Waals surface area contributed by atoms with Crippen molar-refractivity contribution in [1.29, 1.82) is 5.26 Å². The second-order valence-electron chi connectivity index (χ2n) is 10.7. The number of hydrogen-bond donors (Lipinski definition) is 3. The largest absolute Gasteiger partial charge is 0.504 e. The number of nitrogens with two attached hydrogens (primary N) is 1. The fourth-order valence-corrected chi connectivity index (χ4v) is 6.71. The summed E-state index contributed by atoms with van der Waals surface area (Å²) in [6, 6.07) is 2.33. The molecule has 1 fully saturated rings. The normalized spacial score (nSPS) is 21.0. The minimum Gasteiger partial charge on any atom is -0.504 e. The Hall–Kier alpha value is -3.43. The number of benzene rings is 2. The monoisotopic (exact) mass is 570 g/mol. The van der Waals surface area contributed by atoms with Gasteiger partial charge in [0.15, 0.2) is 23.0 Å². The van der Waals surface area contributed by atoms with Crippen LogP contribution in [0.1, 0.15) is 33.9 Å². The van der Waals surface area contributed by atoms with Crippen LogP contribution in [-0.4, -0.2) is 99.9 Å². The first-order valence-electron chi connectivity index (χ1n) is 13.7. The molecule has 2 heterocycles.